The highest BCUT2D eigenvalue weighted by Gasteiger charge is 2.20. The van der Waals surface area contributed by atoms with Crippen LogP contribution in [0.1, 0.15) is 31.7 Å². The molecule has 2 rings (SSSR count). The SMILES string of the molecule is CC1CCCCN1CC(=NO)c1ccccc1. The molecule has 1 aromatic carbocycles. The van der Waals surface area contributed by atoms with Crippen LogP contribution < -0.4 is 0 Å². The molecule has 0 aliphatic carbocycles. The lowest BCUT2D eigenvalue weighted by Crippen LogP contribution is -2.41. The van der Waals surface area contributed by atoms with E-state index in [1.54, 1.807) is 0 Å². The van der Waals surface area contributed by atoms with Crippen molar-refractivity contribution in [2.75, 3.05) is 13.1 Å². The summed E-state index contributed by atoms with van der Waals surface area (Å²) in [5, 5.41) is 12.6. The fraction of sp³-hybridized carbons (Fsp3) is 0.500. The third-order valence-electron chi connectivity index (χ3n) is 3.52. The average molecular weight is 232 g/mol. The van der Waals surface area contributed by atoms with Gasteiger partial charge in [-0.05, 0) is 26.3 Å². The van der Waals surface area contributed by atoms with Gasteiger partial charge < -0.3 is 5.21 Å². The summed E-state index contributed by atoms with van der Waals surface area (Å²) in [7, 11) is 0. The number of hydrogen-bond acceptors (Lipinski definition) is 3. The smallest absolute Gasteiger partial charge is 0.101 e. The Labute approximate surface area is 103 Å². The van der Waals surface area contributed by atoms with E-state index in [-0.39, 0.29) is 0 Å². The third kappa shape index (κ3) is 3.07. The van der Waals surface area contributed by atoms with E-state index in [1.165, 1.54) is 19.3 Å². The topological polar surface area (TPSA) is 35.8 Å². The fourth-order valence-electron chi connectivity index (χ4n) is 2.40. The molecule has 92 valence electrons. The first-order valence-electron chi connectivity index (χ1n) is 6.31. The highest BCUT2D eigenvalue weighted by atomic mass is 16.4. The van der Waals surface area contributed by atoms with Crippen LogP contribution >= 0.6 is 0 Å². The summed E-state index contributed by atoms with van der Waals surface area (Å²) in [6, 6.07) is 10.5. The summed E-state index contributed by atoms with van der Waals surface area (Å²) in [5.74, 6) is 0. The van der Waals surface area contributed by atoms with Gasteiger partial charge in [0, 0.05) is 18.2 Å². The van der Waals surface area contributed by atoms with E-state index >= 15 is 0 Å². The predicted octanol–water partition coefficient (Wildman–Crippen LogP) is 2.74. The molecule has 1 aromatic rings. The van der Waals surface area contributed by atoms with Crippen molar-refractivity contribution in [3.63, 3.8) is 0 Å². The van der Waals surface area contributed by atoms with Gasteiger partial charge >= 0.3 is 0 Å². The van der Waals surface area contributed by atoms with Gasteiger partial charge in [-0.1, -0.05) is 41.9 Å². The minimum Gasteiger partial charge on any atom is -0.411 e. The first kappa shape index (κ1) is 12.1. The second kappa shape index (κ2) is 5.82. The lowest BCUT2D eigenvalue weighted by molar-refractivity contribution is 0.182. The van der Waals surface area contributed by atoms with E-state index in [0.29, 0.717) is 6.04 Å². The molecule has 0 saturated carbocycles. The zero-order chi connectivity index (χ0) is 12.1. The van der Waals surface area contributed by atoms with E-state index in [0.717, 1.165) is 24.4 Å². The van der Waals surface area contributed by atoms with Gasteiger partial charge in [0.15, 0.2) is 0 Å². The van der Waals surface area contributed by atoms with Crippen LogP contribution in [0.3, 0.4) is 0 Å². The molecular formula is C14H20N2O. The minimum atomic E-state index is 0.587. The third-order valence-corrected chi connectivity index (χ3v) is 3.52. The Bertz CT molecular complexity index is 375. The lowest BCUT2D eigenvalue weighted by atomic mass is 10.0. The van der Waals surface area contributed by atoms with Crippen LogP contribution in [0.15, 0.2) is 35.5 Å². The van der Waals surface area contributed by atoms with Crippen LogP contribution in [-0.2, 0) is 0 Å². The predicted molar refractivity (Wildman–Crippen MR) is 69.7 cm³/mol. The molecule has 0 spiro atoms. The molecule has 1 aliphatic rings. The summed E-state index contributed by atoms with van der Waals surface area (Å²) in [6.45, 7) is 4.09. The Kier molecular flexibility index (Phi) is 4.15. The van der Waals surface area contributed by atoms with Crippen LogP contribution in [0.25, 0.3) is 0 Å². The lowest BCUT2D eigenvalue weighted by Gasteiger charge is -2.33. The van der Waals surface area contributed by atoms with Crippen molar-refractivity contribution in [1.82, 2.24) is 4.90 Å². The normalized spacial score (nSPS) is 22.6. The zero-order valence-corrected chi connectivity index (χ0v) is 10.3. The molecule has 0 radical (unpaired) electrons. The van der Waals surface area contributed by atoms with Crippen LogP contribution in [0.2, 0.25) is 0 Å². The number of nitrogens with zero attached hydrogens (tertiary/aromatic N) is 2. The monoisotopic (exact) mass is 232 g/mol. The molecule has 3 heteroatoms. The number of rotatable bonds is 3. The Morgan fingerprint density at radius 3 is 2.76 bits per heavy atom. The summed E-state index contributed by atoms with van der Waals surface area (Å²) in [4.78, 5) is 2.39. The van der Waals surface area contributed by atoms with Gasteiger partial charge in [-0.3, -0.25) is 4.90 Å². The van der Waals surface area contributed by atoms with Crippen molar-refractivity contribution < 1.29 is 5.21 Å². The van der Waals surface area contributed by atoms with Crippen molar-refractivity contribution in [3.05, 3.63) is 35.9 Å². The van der Waals surface area contributed by atoms with Crippen molar-refractivity contribution in [1.29, 1.82) is 0 Å². The van der Waals surface area contributed by atoms with E-state index in [4.69, 9.17) is 5.21 Å². The Morgan fingerprint density at radius 2 is 2.12 bits per heavy atom. The summed E-state index contributed by atoms with van der Waals surface area (Å²) in [6.07, 6.45) is 3.81. The summed E-state index contributed by atoms with van der Waals surface area (Å²) < 4.78 is 0. The zero-order valence-electron chi connectivity index (χ0n) is 10.3. The summed E-state index contributed by atoms with van der Waals surface area (Å²) in [5.41, 5.74) is 1.77. The quantitative estimate of drug-likeness (QED) is 0.494. The highest BCUT2D eigenvalue weighted by Crippen LogP contribution is 2.17. The molecule has 1 heterocycles. The second-order valence-electron chi connectivity index (χ2n) is 4.73. The Hall–Kier alpha value is -1.35. The van der Waals surface area contributed by atoms with Crippen molar-refractivity contribution in [2.45, 2.75) is 32.2 Å². The molecule has 1 fully saturated rings. The first-order valence-corrected chi connectivity index (χ1v) is 6.31. The largest absolute Gasteiger partial charge is 0.411 e. The van der Waals surface area contributed by atoms with E-state index in [9.17, 15) is 0 Å². The van der Waals surface area contributed by atoms with E-state index < -0.39 is 0 Å². The average Bonchev–Trinajstić information content (AvgIpc) is 2.39. The van der Waals surface area contributed by atoms with Gasteiger partial charge in [-0.25, -0.2) is 0 Å². The Balaban J connectivity index is 2.05. The van der Waals surface area contributed by atoms with Crippen LogP contribution in [-0.4, -0.2) is 35.0 Å². The van der Waals surface area contributed by atoms with Gasteiger partial charge in [-0.15, -0.1) is 0 Å². The number of hydrogen-bond donors (Lipinski definition) is 1. The van der Waals surface area contributed by atoms with Crippen molar-refractivity contribution in [2.24, 2.45) is 5.16 Å². The number of benzene rings is 1. The summed E-state index contributed by atoms with van der Waals surface area (Å²) >= 11 is 0. The molecule has 1 unspecified atom stereocenters. The molecule has 0 aromatic heterocycles. The molecule has 3 nitrogen and oxygen atoms in total. The molecular weight excluding hydrogens is 212 g/mol. The maximum Gasteiger partial charge on any atom is 0.101 e. The maximum atomic E-state index is 9.16. The highest BCUT2D eigenvalue weighted by molar-refractivity contribution is 6.01. The van der Waals surface area contributed by atoms with Crippen LogP contribution in [0.4, 0.5) is 0 Å². The molecule has 1 atom stereocenters. The van der Waals surface area contributed by atoms with Gasteiger partial charge in [-0.2, -0.15) is 0 Å². The minimum absolute atomic E-state index is 0.587. The second-order valence-corrected chi connectivity index (χ2v) is 4.73. The molecule has 1 N–H and O–H groups in total. The molecule has 1 aliphatic heterocycles. The van der Waals surface area contributed by atoms with Crippen LogP contribution in [0.5, 0.6) is 0 Å². The van der Waals surface area contributed by atoms with Gasteiger partial charge in [0.05, 0.1) is 0 Å². The maximum absolute atomic E-state index is 9.16. The molecule has 17 heavy (non-hydrogen) atoms. The number of piperidine rings is 1. The fourth-order valence-corrected chi connectivity index (χ4v) is 2.40. The molecule has 0 bridgehead atoms. The van der Waals surface area contributed by atoms with Gasteiger partial charge in [0.1, 0.15) is 5.71 Å². The molecule has 1 saturated heterocycles. The van der Waals surface area contributed by atoms with E-state index in [2.05, 4.69) is 17.0 Å². The Morgan fingerprint density at radius 1 is 1.35 bits per heavy atom. The van der Waals surface area contributed by atoms with Gasteiger partial charge in [0.2, 0.25) is 0 Å². The number of oxime groups is 1. The first-order chi connectivity index (χ1) is 8.31. The van der Waals surface area contributed by atoms with E-state index in [1.807, 2.05) is 30.3 Å². The van der Waals surface area contributed by atoms with Gasteiger partial charge in [0.25, 0.3) is 0 Å². The van der Waals surface area contributed by atoms with Crippen molar-refractivity contribution in [3.8, 4) is 0 Å². The molecule has 0 amide bonds. The number of likely N-dealkylation sites (tertiary alicyclic amines) is 1. The standard InChI is InChI=1S/C14H20N2O/c1-12-7-5-6-10-16(12)11-14(15-17)13-8-3-2-4-9-13/h2-4,8-9,12,17H,5-7,10-11H2,1H3. The van der Waals surface area contributed by atoms with Crippen LogP contribution in [0, 0.1) is 0 Å². The van der Waals surface area contributed by atoms with Crippen molar-refractivity contribution >= 4 is 5.71 Å².